The minimum absolute atomic E-state index is 0.0681. The van der Waals surface area contributed by atoms with E-state index >= 15 is 0 Å². The van der Waals surface area contributed by atoms with Gasteiger partial charge in [-0.05, 0) is 68.7 Å². The van der Waals surface area contributed by atoms with Gasteiger partial charge in [-0.25, -0.2) is 8.42 Å². The van der Waals surface area contributed by atoms with Crippen LogP contribution in [0.2, 0.25) is 5.02 Å². The lowest BCUT2D eigenvalue weighted by Gasteiger charge is -2.33. The normalized spacial score (nSPS) is 14.8. The van der Waals surface area contributed by atoms with Crippen molar-refractivity contribution in [1.82, 2.24) is 10.2 Å². The Kier molecular flexibility index (Phi) is 9.87. The molecule has 0 bridgehead atoms. The second kappa shape index (κ2) is 13.3. The Morgan fingerprint density at radius 1 is 0.925 bits per heavy atom. The second-order valence-electron chi connectivity index (χ2n) is 10.3. The maximum absolute atomic E-state index is 14.0. The molecule has 1 aliphatic rings. The van der Waals surface area contributed by atoms with Crippen molar-refractivity contribution < 1.29 is 18.0 Å². The Hall–Kier alpha value is -3.36. The molecule has 1 fully saturated rings. The first-order valence-electron chi connectivity index (χ1n) is 13.6. The molecule has 9 heteroatoms. The van der Waals surface area contributed by atoms with Crippen LogP contribution in [0.3, 0.4) is 0 Å². The number of sulfonamides is 1. The lowest BCUT2D eigenvalue weighted by molar-refractivity contribution is -0.139. The Labute approximate surface area is 242 Å². The molecule has 1 unspecified atom stereocenters. The molecule has 1 N–H and O–H groups in total. The van der Waals surface area contributed by atoms with E-state index in [0.717, 1.165) is 47.5 Å². The lowest BCUT2D eigenvalue weighted by Crippen LogP contribution is -2.53. The Bertz CT molecular complexity index is 1390. The summed E-state index contributed by atoms with van der Waals surface area (Å²) in [6, 6.07) is 21.5. The van der Waals surface area contributed by atoms with E-state index in [1.807, 2.05) is 37.3 Å². The van der Waals surface area contributed by atoms with Crippen LogP contribution in [0, 0.1) is 6.92 Å². The molecule has 0 saturated heterocycles. The second-order valence-corrected chi connectivity index (χ2v) is 12.6. The highest BCUT2D eigenvalue weighted by Gasteiger charge is 2.33. The predicted molar refractivity (Wildman–Crippen MR) is 159 cm³/mol. The third-order valence-electron chi connectivity index (χ3n) is 7.32. The molecule has 0 radical (unpaired) electrons. The third-order valence-corrected chi connectivity index (χ3v) is 9.36. The largest absolute Gasteiger partial charge is 0.352 e. The van der Waals surface area contributed by atoms with Crippen LogP contribution in [0.1, 0.15) is 50.2 Å². The number of hydrogen-bond donors (Lipinski definition) is 1. The maximum atomic E-state index is 14.0. The Morgan fingerprint density at radius 3 is 2.17 bits per heavy atom. The number of aryl methyl sites for hydroxylation is 1. The molecule has 0 aliphatic heterocycles. The van der Waals surface area contributed by atoms with Crippen LogP contribution in [-0.2, 0) is 26.2 Å². The molecule has 1 saturated carbocycles. The molecule has 0 spiro atoms. The van der Waals surface area contributed by atoms with Crippen molar-refractivity contribution in [3.05, 3.63) is 95.0 Å². The molecule has 40 heavy (non-hydrogen) atoms. The molecule has 0 heterocycles. The van der Waals surface area contributed by atoms with Gasteiger partial charge in [-0.2, -0.15) is 0 Å². The topological polar surface area (TPSA) is 86.8 Å². The summed E-state index contributed by atoms with van der Waals surface area (Å²) in [5, 5.41) is 3.56. The monoisotopic (exact) mass is 581 g/mol. The predicted octanol–water partition coefficient (Wildman–Crippen LogP) is 5.71. The molecule has 3 aromatic rings. The van der Waals surface area contributed by atoms with E-state index in [1.165, 1.54) is 17.0 Å². The summed E-state index contributed by atoms with van der Waals surface area (Å²) in [5.74, 6) is -0.726. The summed E-state index contributed by atoms with van der Waals surface area (Å²) in [7, 11) is -4.11. The molecule has 3 aromatic carbocycles. The van der Waals surface area contributed by atoms with E-state index < -0.39 is 28.5 Å². The van der Waals surface area contributed by atoms with Gasteiger partial charge >= 0.3 is 0 Å². The van der Waals surface area contributed by atoms with Gasteiger partial charge in [0.1, 0.15) is 12.6 Å². The van der Waals surface area contributed by atoms with Crippen LogP contribution >= 0.6 is 11.6 Å². The SMILES string of the molecule is Cc1ccc(S(=O)(=O)N(CC(=O)N(Cc2ccccc2)C(C)C(=O)NC2CCCCC2)c2ccc(Cl)cc2)cc1. The number of carbonyl (C=O) groups is 2. The molecular formula is C31H36ClN3O4S. The Balaban J connectivity index is 1.65. The van der Waals surface area contributed by atoms with Crippen LogP contribution in [0.25, 0.3) is 0 Å². The minimum atomic E-state index is -4.11. The van der Waals surface area contributed by atoms with Gasteiger partial charge < -0.3 is 10.2 Å². The molecule has 1 atom stereocenters. The van der Waals surface area contributed by atoms with Gasteiger partial charge in [0, 0.05) is 17.6 Å². The highest BCUT2D eigenvalue weighted by molar-refractivity contribution is 7.92. The van der Waals surface area contributed by atoms with E-state index in [1.54, 1.807) is 43.3 Å². The van der Waals surface area contributed by atoms with Crippen molar-refractivity contribution in [3.63, 3.8) is 0 Å². The number of amides is 2. The van der Waals surface area contributed by atoms with Crippen molar-refractivity contribution in [3.8, 4) is 0 Å². The molecule has 7 nitrogen and oxygen atoms in total. The molecule has 212 valence electrons. The number of carbonyl (C=O) groups excluding carboxylic acids is 2. The average molecular weight is 582 g/mol. The number of hydrogen-bond acceptors (Lipinski definition) is 4. The maximum Gasteiger partial charge on any atom is 0.264 e. The van der Waals surface area contributed by atoms with Crippen molar-refractivity contribution >= 4 is 39.1 Å². The number of nitrogens with zero attached hydrogens (tertiary/aromatic N) is 2. The van der Waals surface area contributed by atoms with Crippen molar-refractivity contribution in [1.29, 1.82) is 0 Å². The summed E-state index contributed by atoms with van der Waals surface area (Å²) >= 11 is 6.08. The summed E-state index contributed by atoms with van der Waals surface area (Å²) in [6.45, 7) is 3.25. The molecule has 0 aromatic heterocycles. The van der Waals surface area contributed by atoms with Crippen LogP contribution < -0.4 is 9.62 Å². The summed E-state index contributed by atoms with van der Waals surface area (Å²) < 4.78 is 28.8. The number of halogens is 1. The number of rotatable bonds is 10. The third kappa shape index (κ3) is 7.43. The van der Waals surface area contributed by atoms with Crippen LogP contribution in [-0.4, -0.2) is 43.8 Å². The number of anilines is 1. The van der Waals surface area contributed by atoms with Crippen LogP contribution in [0.5, 0.6) is 0 Å². The molecule has 4 rings (SSSR count). The van der Waals surface area contributed by atoms with Crippen molar-refractivity contribution in [2.45, 2.75) is 69.5 Å². The zero-order chi connectivity index (χ0) is 28.7. The van der Waals surface area contributed by atoms with E-state index in [4.69, 9.17) is 11.6 Å². The summed E-state index contributed by atoms with van der Waals surface area (Å²) in [6.07, 6.45) is 5.14. The zero-order valence-electron chi connectivity index (χ0n) is 22.9. The smallest absolute Gasteiger partial charge is 0.264 e. The number of benzene rings is 3. The zero-order valence-corrected chi connectivity index (χ0v) is 24.5. The van der Waals surface area contributed by atoms with E-state index in [2.05, 4.69) is 5.32 Å². The lowest BCUT2D eigenvalue weighted by atomic mass is 9.95. The quantitative estimate of drug-likeness (QED) is 0.332. The minimum Gasteiger partial charge on any atom is -0.352 e. The van der Waals surface area contributed by atoms with Gasteiger partial charge in [-0.1, -0.05) is 78.9 Å². The fourth-order valence-corrected chi connectivity index (χ4v) is 6.45. The Morgan fingerprint density at radius 2 is 1.55 bits per heavy atom. The molecular weight excluding hydrogens is 546 g/mol. The summed E-state index contributed by atoms with van der Waals surface area (Å²) in [5.41, 5.74) is 2.06. The fourth-order valence-electron chi connectivity index (χ4n) is 4.91. The standard InChI is InChI=1S/C31H36ClN3O4S/c1-23-13-19-29(20-14-23)40(38,39)35(28-17-15-26(32)16-18-28)22-30(36)34(21-25-9-5-3-6-10-25)24(2)31(37)33-27-11-7-4-8-12-27/h3,5-6,9-10,13-20,24,27H,4,7-8,11-12,21-22H2,1-2H3,(H,33,37). The van der Waals surface area contributed by atoms with E-state index in [9.17, 15) is 18.0 Å². The highest BCUT2D eigenvalue weighted by Crippen LogP contribution is 2.26. The van der Waals surface area contributed by atoms with Gasteiger partial charge in [-0.3, -0.25) is 13.9 Å². The van der Waals surface area contributed by atoms with Gasteiger partial charge in [0.15, 0.2) is 0 Å². The van der Waals surface area contributed by atoms with Gasteiger partial charge in [0.05, 0.1) is 10.6 Å². The van der Waals surface area contributed by atoms with E-state index in [0.29, 0.717) is 10.7 Å². The highest BCUT2D eigenvalue weighted by atomic mass is 35.5. The average Bonchev–Trinajstić information content (AvgIpc) is 2.96. The van der Waals surface area contributed by atoms with Crippen LogP contribution in [0.15, 0.2) is 83.8 Å². The van der Waals surface area contributed by atoms with Gasteiger partial charge in [0.25, 0.3) is 10.0 Å². The van der Waals surface area contributed by atoms with Crippen LogP contribution in [0.4, 0.5) is 5.69 Å². The van der Waals surface area contributed by atoms with Gasteiger partial charge in [-0.15, -0.1) is 0 Å². The van der Waals surface area contributed by atoms with Crippen molar-refractivity contribution in [2.75, 3.05) is 10.8 Å². The number of nitrogens with one attached hydrogen (secondary N) is 1. The summed E-state index contributed by atoms with van der Waals surface area (Å²) in [4.78, 5) is 28.8. The van der Waals surface area contributed by atoms with Gasteiger partial charge in [0.2, 0.25) is 11.8 Å². The van der Waals surface area contributed by atoms with E-state index in [-0.39, 0.29) is 23.4 Å². The van der Waals surface area contributed by atoms with Crippen molar-refractivity contribution in [2.24, 2.45) is 0 Å². The fraction of sp³-hybridized carbons (Fsp3) is 0.355. The first-order chi connectivity index (χ1) is 19.1. The molecule has 1 aliphatic carbocycles. The first-order valence-corrected chi connectivity index (χ1v) is 15.5. The first kappa shape index (κ1) is 29.6. The molecule has 2 amide bonds.